The number of likely N-dealkylation sites (tertiary alicyclic amines) is 1. The topological polar surface area (TPSA) is 128 Å². The van der Waals surface area contributed by atoms with Gasteiger partial charge in [-0.2, -0.15) is 0 Å². The molecule has 5 rings (SSSR count). The molecule has 2 amide bonds. The number of aromatic hydroxyl groups is 1. The summed E-state index contributed by atoms with van der Waals surface area (Å²) in [6.45, 7) is 2.92. The Hall–Kier alpha value is -4.14. The van der Waals surface area contributed by atoms with Crippen molar-refractivity contribution >= 4 is 28.9 Å². The van der Waals surface area contributed by atoms with Gasteiger partial charge < -0.3 is 26.0 Å². The summed E-state index contributed by atoms with van der Waals surface area (Å²) in [5.74, 6) is -0.945. The van der Waals surface area contributed by atoms with Crippen LogP contribution < -0.4 is 26.8 Å². The third-order valence-electron chi connectivity index (χ3n) is 7.25. The number of carbonyl (C=O) groups is 2. The molecule has 4 N–H and O–H groups in total. The van der Waals surface area contributed by atoms with Crippen LogP contribution in [0.2, 0.25) is 0 Å². The van der Waals surface area contributed by atoms with E-state index in [2.05, 4.69) is 16.0 Å². The minimum absolute atomic E-state index is 0.0396. The van der Waals surface area contributed by atoms with E-state index in [4.69, 9.17) is 0 Å². The van der Waals surface area contributed by atoms with Crippen molar-refractivity contribution in [2.24, 2.45) is 5.92 Å². The highest BCUT2D eigenvalue weighted by Gasteiger charge is 2.43. The fraction of sp³-hybridized carbons (Fsp3) is 0.333. The molecule has 2 aliphatic heterocycles. The van der Waals surface area contributed by atoms with E-state index in [0.29, 0.717) is 32.4 Å². The molecule has 3 aromatic carbocycles. The summed E-state index contributed by atoms with van der Waals surface area (Å²) < 4.78 is 0. The molecule has 186 valence electrons. The fourth-order valence-corrected chi connectivity index (χ4v) is 5.28. The van der Waals surface area contributed by atoms with Crippen LogP contribution in [0.1, 0.15) is 48.1 Å². The van der Waals surface area contributed by atoms with Crippen molar-refractivity contribution < 1.29 is 14.7 Å². The summed E-state index contributed by atoms with van der Waals surface area (Å²) in [6.07, 6.45) is 1.94. The molecular formula is C27H28N4O5. The van der Waals surface area contributed by atoms with Gasteiger partial charge in [0.05, 0.1) is 23.2 Å². The van der Waals surface area contributed by atoms with E-state index in [1.165, 1.54) is 6.07 Å². The third-order valence-corrected chi connectivity index (χ3v) is 7.25. The Kier molecular flexibility index (Phi) is 6.22. The molecule has 0 spiro atoms. The monoisotopic (exact) mass is 488 g/mol. The molecule has 2 heterocycles. The van der Waals surface area contributed by atoms with E-state index >= 15 is 0 Å². The van der Waals surface area contributed by atoms with Crippen LogP contribution in [0.5, 0.6) is 5.75 Å². The fourth-order valence-electron chi connectivity index (χ4n) is 5.28. The first kappa shape index (κ1) is 23.6. The number of hydrogen-bond acceptors (Lipinski definition) is 7. The molecule has 9 nitrogen and oxygen atoms in total. The smallest absolute Gasteiger partial charge is 0.257 e. The Morgan fingerprint density at radius 3 is 2.56 bits per heavy atom. The van der Waals surface area contributed by atoms with Crippen molar-refractivity contribution in [3.05, 3.63) is 80.1 Å². The minimum Gasteiger partial charge on any atom is -0.505 e. The number of nitrogens with zero attached hydrogens (tertiary/aromatic N) is 1. The zero-order valence-electron chi connectivity index (χ0n) is 19.9. The lowest BCUT2D eigenvalue weighted by Crippen LogP contribution is -2.48. The van der Waals surface area contributed by atoms with Crippen molar-refractivity contribution in [1.82, 2.24) is 10.2 Å². The van der Waals surface area contributed by atoms with Gasteiger partial charge in [-0.1, -0.05) is 43.3 Å². The number of phenols is 1. The number of carbonyl (C=O) groups excluding carboxylic acids is 2. The standard InChI is InChI=1S/C27H28N4O5/c1-2-18(15-7-4-3-5-8-15)29-21-22(25(34)24(21)33)30-19-10-6-9-17(23(19)32)27(36)31-14-12-16-20(31)11-13-28-26(16)35/h3-10,16,18,20,29-30,32H,2,11-14H2,1H3,(H,28,35)/t16?,18-,20?/m1/s1. The van der Waals surface area contributed by atoms with Gasteiger partial charge in [0.25, 0.3) is 16.8 Å². The van der Waals surface area contributed by atoms with Gasteiger partial charge in [-0.05, 0) is 37.0 Å². The van der Waals surface area contributed by atoms with Crippen LogP contribution in [0.3, 0.4) is 0 Å². The first-order valence-electron chi connectivity index (χ1n) is 12.2. The maximum atomic E-state index is 13.3. The second-order valence-corrected chi connectivity index (χ2v) is 9.29. The highest BCUT2D eigenvalue weighted by atomic mass is 16.3. The third kappa shape index (κ3) is 4.00. The molecule has 2 saturated heterocycles. The quantitative estimate of drug-likeness (QED) is 0.297. The van der Waals surface area contributed by atoms with E-state index in [-0.39, 0.29) is 58.2 Å². The van der Waals surface area contributed by atoms with E-state index in [9.17, 15) is 24.3 Å². The summed E-state index contributed by atoms with van der Waals surface area (Å²) in [4.78, 5) is 51.9. The number of amides is 2. The average molecular weight is 489 g/mol. The van der Waals surface area contributed by atoms with Gasteiger partial charge in [-0.25, -0.2) is 0 Å². The highest BCUT2D eigenvalue weighted by Crippen LogP contribution is 2.36. The predicted octanol–water partition coefficient (Wildman–Crippen LogP) is 2.65. The van der Waals surface area contributed by atoms with Gasteiger partial charge in [0.1, 0.15) is 11.4 Å². The van der Waals surface area contributed by atoms with Crippen molar-refractivity contribution in [3.63, 3.8) is 0 Å². The normalized spacial score (nSPS) is 20.0. The van der Waals surface area contributed by atoms with Crippen LogP contribution >= 0.6 is 0 Å². The van der Waals surface area contributed by atoms with Crippen molar-refractivity contribution in [2.45, 2.75) is 38.3 Å². The van der Waals surface area contributed by atoms with E-state index < -0.39 is 10.9 Å². The molecule has 0 radical (unpaired) electrons. The van der Waals surface area contributed by atoms with Crippen LogP contribution in [0.25, 0.3) is 0 Å². The number of nitrogens with one attached hydrogen (secondary N) is 3. The van der Waals surface area contributed by atoms with Gasteiger partial charge in [-0.3, -0.25) is 19.2 Å². The lowest BCUT2D eigenvalue weighted by atomic mass is 9.93. The van der Waals surface area contributed by atoms with Crippen molar-refractivity contribution in [2.75, 3.05) is 23.7 Å². The molecule has 0 aromatic heterocycles. The van der Waals surface area contributed by atoms with Crippen LogP contribution in [-0.4, -0.2) is 41.0 Å². The zero-order valence-corrected chi connectivity index (χ0v) is 19.9. The first-order valence-corrected chi connectivity index (χ1v) is 12.2. The van der Waals surface area contributed by atoms with Crippen molar-refractivity contribution in [3.8, 4) is 5.75 Å². The molecule has 3 atom stereocenters. The molecule has 2 fully saturated rings. The number of rotatable bonds is 7. The lowest BCUT2D eigenvalue weighted by Gasteiger charge is -2.31. The van der Waals surface area contributed by atoms with E-state index in [1.54, 1.807) is 17.0 Å². The molecular weight excluding hydrogens is 460 g/mol. The second-order valence-electron chi connectivity index (χ2n) is 9.29. The van der Waals surface area contributed by atoms with Gasteiger partial charge in [0.2, 0.25) is 5.91 Å². The van der Waals surface area contributed by atoms with Gasteiger partial charge in [0.15, 0.2) is 5.75 Å². The van der Waals surface area contributed by atoms with Crippen LogP contribution in [0, 0.1) is 5.92 Å². The molecule has 36 heavy (non-hydrogen) atoms. The number of anilines is 3. The SMILES string of the molecule is CC[C@@H](Nc1c(Nc2cccc(C(=O)N3CCC4C(=O)NCCC43)c2O)c(=O)c1=O)c1ccccc1. The maximum Gasteiger partial charge on any atom is 0.257 e. The summed E-state index contributed by atoms with van der Waals surface area (Å²) in [6, 6.07) is 13.9. The first-order chi connectivity index (χ1) is 17.4. The maximum absolute atomic E-state index is 13.3. The Morgan fingerprint density at radius 1 is 1.06 bits per heavy atom. The lowest BCUT2D eigenvalue weighted by molar-refractivity contribution is -0.127. The van der Waals surface area contributed by atoms with E-state index in [1.807, 2.05) is 37.3 Å². The summed E-state index contributed by atoms with van der Waals surface area (Å²) in [5, 5.41) is 19.8. The number of piperidine rings is 1. The summed E-state index contributed by atoms with van der Waals surface area (Å²) in [5.41, 5.74) is 0.109. The molecule has 9 heteroatoms. The Morgan fingerprint density at radius 2 is 1.81 bits per heavy atom. The predicted molar refractivity (Wildman–Crippen MR) is 136 cm³/mol. The van der Waals surface area contributed by atoms with Gasteiger partial charge in [-0.15, -0.1) is 0 Å². The summed E-state index contributed by atoms with van der Waals surface area (Å²) >= 11 is 0. The largest absolute Gasteiger partial charge is 0.505 e. The molecule has 2 aliphatic rings. The Bertz CT molecular complexity index is 1380. The number of para-hydroxylation sites is 1. The number of phenolic OH excluding ortho intramolecular Hbond substituents is 1. The number of fused-ring (bicyclic) bond motifs is 1. The number of hydrogen-bond donors (Lipinski definition) is 4. The van der Waals surface area contributed by atoms with Crippen LogP contribution in [-0.2, 0) is 4.79 Å². The molecule has 0 aliphatic carbocycles. The molecule has 0 saturated carbocycles. The van der Waals surface area contributed by atoms with Gasteiger partial charge in [0, 0.05) is 19.1 Å². The van der Waals surface area contributed by atoms with E-state index in [0.717, 1.165) is 5.56 Å². The Labute approximate surface area is 207 Å². The van der Waals surface area contributed by atoms with Crippen LogP contribution in [0.15, 0.2) is 58.1 Å². The summed E-state index contributed by atoms with van der Waals surface area (Å²) in [7, 11) is 0. The minimum atomic E-state index is -0.688. The number of benzene rings is 2. The van der Waals surface area contributed by atoms with Gasteiger partial charge >= 0.3 is 0 Å². The molecule has 0 bridgehead atoms. The average Bonchev–Trinajstić information content (AvgIpc) is 3.34. The van der Waals surface area contributed by atoms with Crippen molar-refractivity contribution in [1.29, 1.82) is 0 Å². The second kappa shape index (κ2) is 9.49. The molecule has 3 aromatic rings. The molecule has 2 unspecified atom stereocenters. The highest BCUT2D eigenvalue weighted by molar-refractivity contribution is 6.00. The Balaban J connectivity index is 1.38. The van der Waals surface area contributed by atoms with Crippen LogP contribution in [0.4, 0.5) is 17.1 Å². The zero-order chi connectivity index (χ0) is 25.4.